The predicted octanol–water partition coefficient (Wildman–Crippen LogP) is 3.52. The first-order valence-electron chi connectivity index (χ1n) is 9.14. The van der Waals surface area contributed by atoms with E-state index in [0.29, 0.717) is 12.0 Å². The maximum Gasteiger partial charge on any atom is 0.191 e. The predicted molar refractivity (Wildman–Crippen MR) is 116 cm³/mol. The van der Waals surface area contributed by atoms with Crippen LogP contribution >= 0.6 is 24.0 Å². The van der Waals surface area contributed by atoms with Gasteiger partial charge in [-0.15, -0.1) is 24.0 Å². The largest absolute Gasteiger partial charge is 0.356 e. The van der Waals surface area contributed by atoms with Gasteiger partial charge in [-0.1, -0.05) is 19.8 Å². The van der Waals surface area contributed by atoms with Crippen molar-refractivity contribution in [2.75, 3.05) is 13.6 Å². The zero-order valence-corrected chi connectivity index (χ0v) is 17.9. The van der Waals surface area contributed by atoms with Crippen molar-refractivity contribution in [1.82, 2.24) is 25.4 Å². The number of rotatable bonds is 6. The Kier molecular flexibility index (Phi) is 7.86. The SMILES string of the molecule is CCC1(CNC(=NC)NCc2ccnc(-n3cccn3)c2)CCCC1.I. The van der Waals surface area contributed by atoms with Gasteiger partial charge in [0.2, 0.25) is 0 Å². The van der Waals surface area contributed by atoms with Crippen LogP contribution in [0.3, 0.4) is 0 Å². The second-order valence-electron chi connectivity index (χ2n) is 6.81. The molecule has 0 aromatic carbocycles. The van der Waals surface area contributed by atoms with E-state index in [4.69, 9.17) is 0 Å². The Hall–Kier alpha value is -1.64. The first kappa shape index (κ1) is 20.7. The van der Waals surface area contributed by atoms with Gasteiger partial charge in [0, 0.05) is 38.7 Å². The molecule has 2 aromatic heterocycles. The number of nitrogens with zero attached hydrogens (tertiary/aromatic N) is 4. The van der Waals surface area contributed by atoms with Crippen molar-refractivity contribution in [3.63, 3.8) is 0 Å². The van der Waals surface area contributed by atoms with E-state index in [-0.39, 0.29) is 24.0 Å². The van der Waals surface area contributed by atoms with Crippen molar-refractivity contribution in [3.05, 3.63) is 42.4 Å². The van der Waals surface area contributed by atoms with Crippen LogP contribution in [0, 0.1) is 5.41 Å². The maximum absolute atomic E-state index is 4.36. The van der Waals surface area contributed by atoms with Gasteiger partial charge in [-0.05, 0) is 48.4 Å². The monoisotopic (exact) mass is 468 g/mol. The lowest BCUT2D eigenvalue weighted by Crippen LogP contribution is -2.42. The first-order chi connectivity index (χ1) is 12.2. The molecular weight excluding hydrogens is 439 g/mol. The minimum atomic E-state index is 0. The fourth-order valence-electron chi connectivity index (χ4n) is 3.56. The van der Waals surface area contributed by atoms with E-state index in [2.05, 4.69) is 32.6 Å². The van der Waals surface area contributed by atoms with Gasteiger partial charge in [-0.25, -0.2) is 9.67 Å². The van der Waals surface area contributed by atoms with E-state index >= 15 is 0 Å². The normalized spacial score (nSPS) is 16.2. The first-order valence-corrected chi connectivity index (χ1v) is 9.14. The van der Waals surface area contributed by atoms with Crippen molar-refractivity contribution in [2.24, 2.45) is 10.4 Å². The molecule has 0 bridgehead atoms. The number of nitrogens with one attached hydrogen (secondary N) is 2. The van der Waals surface area contributed by atoms with Crippen LogP contribution in [0.5, 0.6) is 0 Å². The number of halogens is 1. The Morgan fingerprint density at radius 3 is 2.73 bits per heavy atom. The Morgan fingerprint density at radius 1 is 1.27 bits per heavy atom. The van der Waals surface area contributed by atoms with Crippen LogP contribution in [-0.2, 0) is 6.54 Å². The molecular formula is C19H29IN6. The molecule has 7 heteroatoms. The summed E-state index contributed by atoms with van der Waals surface area (Å²) >= 11 is 0. The third-order valence-electron chi connectivity index (χ3n) is 5.28. The molecule has 0 saturated heterocycles. The van der Waals surface area contributed by atoms with E-state index in [9.17, 15) is 0 Å². The molecule has 1 aliphatic rings. The molecule has 2 N–H and O–H groups in total. The van der Waals surface area contributed by atoms with Crippen molar-refractivity contribution in [2.45, 2.75) is 45.6 Å². The summed E-state index contributed by atoms with van der Waals surface area (Å²) in [5, 5.41) is 11.2. The van der Waals surface area contributed by atoms with E-state index < -0.39 is 0 Å². The summed E-state index contributed by atoms with van der Waals surface area (Å²) in [6.45, 7) is 4.00. The average Bonchev–Trinajstić information content (AvgIpc) is 3.35. The number of aromatic nitrogens is 3. The van der Waals surface area contributed by atoms with Gasteiger partial charge in [0.1, 0.15) is 0 Å². The van der Waals surface area contributed by atoms with Gasteiger partial charge in [-0.3, -0.25) is 4.99 Å². The number of guanidine groups is 1. The maximum atomic E-state index is 4.36. The fraction of sp³-hybridized carbons (Fsp3) is 0.526. The molecule has 142 valence electrons. The van der Waals surface area contributed by atoms with Crippen LogP contribution < -0.4 is 10.6 Å². The van der Waals surface area contributed by atoms with Crippen LogP contribution in [0.2, 0.25) is 0 Å². The van der Waals surface area contributed by atoms with Crippen molar-refractivity contribution < 1.29 is 0 Å². The number of hydrogen-bond acceptors (Lipinski definition) is 3. The third kappa shape index (κ3) is 5.18. The molecule has 6 nitrogen and oxygen atoms in total. The fourth-order valence-corrected chi connectivity index (χ4v) is 3.56. The van der Waals surface area contributed by atoms with Gasteiger partial charge in [0.05, 0.1) is 0 Å². The molecule has 0 radical (unpaired) electrons. The second kappa shape index (κ2) is 9.89. The molecule has 1 aliphatic carbocycles. The van der Waals surface area contributed by atoms with Crippen LogP contribution in [0.1, 0.15) is 44.6 Å². The molecule has 0 aliphatic heterocycles. The van der Waals surface area contributed by atoms with Gasteiger partial charge >= 0.3 is 0 Å². The topological polar surface area (TPSA) is 67.1 Å². The molecule has 3 rings (SSSR count). The molecule has 2 heterocycles. The van der Waals surface area contributed by atoms with Crippen LogP contribution in [0.15, 0.2) is 41.8 Å². The van der Waals surface area contributed by atoms with E-state index in [1.165, 1.54) is 32.1 Å². The van der Waals surface area contributed by atoms with E-state index in [0.717, 1.165) is 23.9 Å². The number of hydrogen-bond donors (Lipinski definition) is 2. The van der Waals surface area contributed by atoms with Gasteiger partial charge in [0.15, 0.2) is 11.8 Å². The Morgan fingerprint density at radius 2 is 2.08 bits per heavy atom. The zero-order chi connectivity index (χ0) is 17.5. The summed E-state index contributed by atoms with van der Waals surface area (Å²) in [4.78, 5) is 8.73. The Labute approximate surface area is 172 Å². The smallest absolute Gasteiger partial charge is 0.191 e. The highest BCUT2D eigenvalue weighted by molar-refractivity contribution is 14.0. The summed E-state index contributed by atoms with van der Waals surface area (Å²) in [6, 6.07) is 5.94. The minimum Gasteiger partial charge on any atom is -0.356 e. The highest BCUT2D eigenvalue weighted by Crippen LogP contribution is 2.40. The van der Waals surface area contributed by atoms with E-state index in [1.807, 2.05) is 37.6 Å². The molecule has 0 atom stereocenters. The Bertz CT molecular complexity index is 692. The number of aliphatic imine (C=N–C) groups is 1. The highest BCUT2D eigenvalue weighted by atomic mass is 127. The summed E-state index contributed by atoms with van der Waals surface area (Å²) < 4.78 is 1.77. The Balaban J connectivity index is 0.00000243. The molecule has 26 heavy (non-hydrogen) atoms. The summed E-state index contributed by atoms with van der Waals surface area (Å²) in [7, 11) is 1.82. The zero-order valence-electron chi connectivity index (χ0n) is 15.6. The molecule has 0 unspecified atom stereocenters. The molecule has 1 saturated carbocycles. The molecule has 1 fully saturated rings. The lowest BCUT2D eigenvalue weighted by atomic mass is 9.83. The van der Waals surface area contributed by atoms with Gasteiger partial charge in [-0.2, -0.15) is 5.10 Å². The molecule has 2 aromatic rings. The molecule has 0 amide bonds. The highest BCUT2D eigenvalue weighted by Gasteiger charge is 2.31. The van der Waals surface area contributed by atoms with Crippen LogP contribution in [-0.4, -0.2) is 34.3 Å². The summed E-state index contributed by atoms with van der Waals surface area (Å²) in [5.41, 5.74) is 1.59. The van der Waals surface area contributed by atoms with Gasteiger partial charge < -0.3 is 10.6 Å². The lowest BCUT2D eigenvalue weighted by molar-refractivity contribution is 0.283. The third-order valence-corrected chi connectivity index (χ3v) is 5.28. The summed E-state index contributed by atoms with van der Waals surface area (Å²) in [5.74, 6) is 1.68. The van der Waals surface area contributed by atoms with Crippen molar-refractivity contribution >= 4 is 29.9 Å². The lowest BCUT2D eigenvalue weighted by Gasteiger charge is -2.28. The summed E-state index contributed by atoms with van der Waals surface area (Å²) in [6.07, 6.45) is 12.1. The second-order valence-corrected chi connectivity index (χ2v) is 6.81. The minimum absolute atomic E-state index is 0. The molecule has 0 spiro atoms. The number of pyridine rings is 1. The van der Waals surface area contributed by atoms with Crippen LogP contribution in [0.4, 0.5) is 0 Å². The van der Waals surface area contributed by atoms with Crippen LogP contribution in [0.25, 0.3) is 5.82 Å². The van der Waals surface area contributed by atoms with Crippen molar-refractivity contribution in [1.29, 1.82) is 0 Å². The van der Waals surface area contributed by atoms with Crippen molar-refractivity contribution in [3.8, 4) is 5.82 Å². The average molecular weight is 468 g/mol. The quantitative estimate of drug-likeness (QED) is 0.387. The van der Waals surface area contributed by atoms with E-state index in [1.54, 1.807) is 10.9 Å². The standard InChI is InChI=1S/C19H28N6.HI/c1-3-19(8-4-5-9-19)15-23-18(20-2)22-14-16-7-11-21-17(13-16)25-12-6-10-24-25;/h6-7,10-13H,3-5,8-9,14-15H2,1-2H3,(H2,20,22,23);1H. The van der Waals surface area contributed by atoms with Gasteiger partial charge in [0.25, 0.3) is 0 Å².